The summed E-state index contributed by atoms with van der Waals surface area (Å²) in [5.41, 5.74) is -0.666. The zero-order valence-corrected chi connectivity index (χ0v) is 30.9. The summed E-state index contributed by atoms with van der Waals surface area (Å²) in [6, 6.07) is 7.12. The van der Waals surface area contributed by atoms with Crippen LogP contribution in [0.4, 0.5) is 5.69 Å². The molecule has 2 saturated heterocycles. The zero-order valence-electron chi connectivity index (χ0n) is 26.0. The van der Waals surface area contributed by atoms with Gasteiger partial charge < -0.3 is 15.3 Å². The second-order valence-corrected chi connectivity index (χ2v) is 17.6. The summed E-state index contributed by atoms with van der Waals surface area (Å²) in [5.74, 6) is -5.11. The lowest BCUT2D eigenvalue weighted by atomic mass is 10.1. The van der Waals surface area contributed by atoms with Gasteiger partial charge in [0.1, 0.15) is 42.7 Å². The van der Waals surface area contributed by atoms with Gasteiger partial charge in [-0.3, -0.25) is 47.4 Å². The second kappa shape index (κ2) is 13.6. The summed E-state index contributed by atoms with van der Waals surface area (Å²) in [6.45, 7) is -0.494. The Morgan fingerprint density at radius 3 is 2.14 bits per heavy atom. The number of thioether (sulfide) groups is 2. The number of hydrogen-bond donors (Lipinski definition) is 4. The molecule has 0 radical (unpaired) electrons. The van der Waals surface area contributed by atoms with Crippen molar-refractivity contribution in [1.29, 1.82) is 0 Å². The fourth-order valence-corrected chi connectivity index (χ4v) is 12.6. The van der Waals surface area contributed by atoms with Gasteiger partial charge in [0.15, 0.2) is 10.7 Å². The third-order valence-electron chi connectivity index (χ3n) is 8.32. The number of carboxylic acids is 3. The van der Waals surface area contributed by atoms with Gasteiger partial charge in [0.25, 0.3) is 17.0 Å². The number of aromatic nitrogens is 2. The summed E-state index contributed by atoms with van der Waals surface area (Å²) in [4.78, 5) is 77.6. The smallest absolute Gasteiger partial charge is 0.323 e. The van der Waals surface area contributed by atoms with Crippen molar-refractivity contribution in [2.45, 2.75) is 43.1 Å². The maximum atomic E-state index is 14.0. The summed E-state index contributed by atoms with van der Waals surface area (Å²) < 4.78 is 36.0. The molecule has 6 rings (SSSR count). The minimum absolute atomic E-state index is 0.0341. The Morgan fingerprint density at radius 2 is 1.57 bits per heavy atom. The number of thiocarbonyl (C=S) groups is 1. The van der Waals surface area contributed by atoms with Crippen molar-refractivity contribution >= 4 is 113 Å². The maximum Gasteiger partial charge on any atom is 0.323 e. The lowest BCUT2D eigenvalue weighted by molar-refractivity contribution is -0.140. The third-order valence-corrected chi connectivity index (χ3v) is 15.0. The van der Waals surface area contributed by atoms with E-state index in [2.05, 4.69) is 0 Å². The molecule has 0 saturated carbocycles. The van der Waals surface area contributed by atoms with Crippen LogP contribution >= 0.6 is 58.4 Å². The number of quaternary nitrogens is 1. The molecule has 1 aromatic carbocycles. The molecule has 1 amide bonds. The molecule has 2 fully saturated rings. The van der Waals surface area contributed by atoms with Crippen LogP contribution in [0.2, 0.25) is 0 Å². The van der Waals surface area contributed by atoms with E-state index in [1.807, 2.05) is 6.07 Å². The number of hydrogen-bond acceptors (Lipinski definition) is 13. The highest BCUT2D eigenvalue weighted by molar-refractivity contribution is 8.30. The first-order chi connectivity index (χ1) is 24.0. The van der Waals surface area contributed by atoms with Crippen molar-refractivity contribution < 1.29 is 47.5 Å². The van der Waals surface area contributed by atoms with E-state index in [0.29, 0.717) is 45.9 Å². The summed E-state index contributed by atoms with van der Waals surface area (Å²) in [5, 5.41) is 27.9. The molecule has 51 heavy (non-hydrogen) atoms. The lowest BCUT2D eigenvalue weighted by Crippen LogP contribution is -2.66. The van der Waals surface area contributed by atoms with Crippen LogP contribution in [0.25, 0.3) is 10.5 Å². The molecule has 2 aromatic heterocycles. The Morgan fingerprint density at radius 1 is 0.941 bits per heavy atom. The zero-order chi connectivity index (χ0) is 37.2. The summed E-state index contributed by atoms with van der Waals surface area (Å²) in [6.07, 6.45) is 2.04. The van der Waals surface area contributed by atoms with E-state index in [0.717, 1.165) is 30.3 Å². The van der Waals surface area contributed by atoms with Crippen LogP contribution in [0.5, 0.6) is 0 Å². The molecule has 3 aromatic rings. The van der Waals surface area contributed by atoms with Crippen molar-refractivity contribution in [3.8, 4) is 0 Å². The minimum atomic E-state index is -4.51. The number of carbonyl (C=O) groups excluding carboxylic acids is 1. The number of fused-ring (bicyclic) bond motifs is 2. The molecule has 2 atom stereocenters. The number of thiazole rings is 2. The molecule has 268 valence electrons. The van der Waals surface area contributed by atoms with E-state index >= 15 is 0 Å². The number of amides is 1. The number of para-hydroxylation sites is 1. The Balaban J connectivity index is 1.67. The van der Waals surface area contributed by atoms with Crippen LogP contribution in [0.3, 0.4) is 0 Å². The number of carboxylic acid groups (broad SMARTS) is 3. The molecular formula is C29H25N4O12S6+. The molecule has 3 aliphatic heterocycles. The van der Waals surface area contributed by atoms with Crippen molar-refractivity contribution in [3.63, 3.8) is 0 Å². The predicted molar refractivity (Wildman–Crippen MR) is 193 cm³/mol. The predicted octanol–water partition coefficient (Wildman–Crippen LogP) is 0.775. The highest BCUT2D eigenvalue weighted by Gasteiger charge is 2.61. The van der Waals surface area contributed by atoms with Crippen molar-refractivity contribution in [2.24, 2.45) is 0 Å². The first-order valence-corrected chi connectivity index (χ1v) is 19.9. The maximum absolute atomic E-state index is 14.0. The molecule has 4 N–H and O–H groups in total. The third kappa shape index (κ3) is 6.32. The van der Waals surface area contributed by atoms with Crippen LogP contribution in [0, 0.1) is 9.20 Å². The minimum Gasteiger partial charge on any atom is -0.480 e. The lowest BCUT2D eigenvalue weighted by Gasteiger charge is -2.47. The van der Waals surface area contributed by atoms with Gasteiger partial charge in [0.2, 0.25) is 5.37 Å². The second-order valence-electron chi connectivity index (χ2n) is 11.3. The van der Waals surface area contributed by atoms with Gasteiger partial charge in [-0.25, -0.2) is 4.48 Å². The topological polar surface area (TPSA) is 231 Å². The van der Waals surface area contributed by atoms with Crippen molar-refractivity contribution in [3.05, 3.63) is 74.5 Å². The first kappa shape index (κ1) is 36.9. The van der Waals surface area contributed by atoms with E-state index in [1.54, 1.807) is 31.2 Å². The van der Waals surface area contributed by atoms with E-state index in [4.69, 9.17) is 12.2 Å². The van der Waals surface area contributed by atoms with E-state index in [-0.39, 0.29) is 44.9 Å². The van der Waals surface area contributed by atoms with Crippen molar-refractivity contribution in [2.75, 3.05) is 13.1 Å². The first-order valence-electron chi connectivity index (χ1n) is 14.7. The Kier molecular flexibility index (Phi) is 9.82. The van der Waals surface area contributed by atoms with E-state index in [1.165, 1.54) is 11.8 Å². The Hall–Kier alpha value is -3.90. The largest absolute Gasteiger partial charge is 0.480 e. The fraction of sp³-hybridized carbons (Fsp3) is 0.276. The standard InChI is InChI=1S/C29H24N4O12S6/c1-2-13(9-16-33(8-7-17(33)51(43,44)45)14-5-3-4-6-15(14)47-16)21-24(40)30(10-18(34)35)27(48-21)22-25(41)31(11-19(36)37)28(49-22)23-26(42)32(12-20(38)39)29(46)50-23/h3-6,9,17H,2,7-8,10-12H2,1H3,(H3-,34,35,36,37,38,39,43,44,45)/p+1/b16-9?,21-13?,27-22+,28-23+. The SMILES string of the molecule is CCC(C=C1Sc2ccccc2[N+]12CCC2S(=O)(=O)O)=c1s/c(=c2/s/c(=C3/SC(=S)N(CC(=O)O)C3=O)n(CC(=O)O)c2=O)n(CC(=O)O)c1=O. The van der Waals surface area contributed by atoms with E-state index < -0.39 is 70.1 Å². The highest BCUT2D eigenvalue weighted by atomic mass is 32.2. The molecular weight excluding hydrogens is 789 g/mol. The van der Waals surface area contributed by atoms with Gasteiger partial charge in [-0.05, 0) is 29.8 Å². The number of benzene rings is 1. The van der Waals surface area contributed by atoms with Crippen LogP contribution < -0.4 is 24.8 Å². The molecule has 1 spiro atoms. The number of aliphatic carboxylic acids is 3. The number of nitrogens with zero attached hydrogens (tertiary/aromatic N) is 4. The van der Waals surface area contributed by atoms with Gasteiger partial charge in [-0.1, -0.05) is 43.0 Å². The fourth-order valence-electron chi connectivity index (χ4n) is 6.06. The van der Waals surface area contributed by atoms with Gasteiger partial charge >= 0.3 is 28.0 Å². The number of rotatable bonds is 9. The van der Waals surface area contributed by atoms with Crippen molar-refractivity contribution in [1.82, 2.24) is 18.5 Å². The van der Waals surface area contributed by atoms with Crippen LogP contribution in [0.15, 0.2) is 49.9 Å². The molecule has 2 unspecified atom stereocenters. The molecule has 3 aliphatic rings. The Bertz CT molecular complexity index is 2590. The summed E-state index contributed by atoms with van der Waals surface area (Å²) >= 11 is 8.52. The number of allylic oxidation sites excluding steroid dienone is 1. The van der Waals surface area contributed by atoms with Gasteiger partial charge in [0, 0.05) is 12.1 Å². The molecule has 5 heterocycles. The molecule has 0 bridgehead atoms. The van der Waals surface area contributed by atoms with Crippen LogP contribution in [0.1, 0.15) is 19.8 Å². The van der Waals surface area contributed by atoms with Gasteiger partial charge in [-0.15, -0.1) is 22.7 Å². The molecule has 22 heteroatoms. The van der Waals surface area contributed by atoms with Crippen LogP contribution in [-0.2, 0) is 42.4 Å². The number of carbonyl (C=O) groups is 4. The monoisotopic (exact) mass is 813 g/mol. The Labute approximate surface area is 307 Å². The van der Waals surface area contributed by atoms with Crippen LogP contribution in [-0.4, -0.2) is 88.9 Å². The average Bonchev–Trinajstić information content (AvgIpc) is 3.71. The van der Waals surface area contributed by atoms with Gasteiger partial charge in [-0.2, -0.15) is 8.42 Å². The molecule has 16 nitrogen and oxygen atoms in total. The highest BCUT2D eigenvalue weighted by Crippen LogP contribution is 2.57. The molecule has 0 aliphatic carbocycles. The van der Waals surface area contributed by atoms with Gasteiger partial charge in [0.05, 0.1) is 22.4 Å². The normalized spacial score (nSPS) is 23.1. The average molecular weight is 814 g/mol. The quantitative estimate of drug-likeness (QED) is 0.133. The summed E-state index contributed by atoms with van der Waals surface area (Å²) in [7, 11) is -4.51. The van der Waals surface area contributed by atoms with E-state index in [9.17, 15) is 57.1 Å².